The Morgan fingerprint density at radius 3 is 2.48 bits per heavy atom. The standard InChI is InChI=1S/C19H24ClN/c1-2-13-21-19(12-11-16-7-4-3-5-8-16)15-17-9-6-10-18(20)14-17/h3-10,14,19,21H,2,11-13,15H2,1H3. The van der Waals surface area contributed by atoms with Gasteiger partial charge in [0.15, 0.2) is 0 Å². The van der Waals surface area contributed by atoms with Gasteiger partial charge in [0.1, 0.15) is 0 Å². The summed E-state index contributed by atoms with van der Waals surface area (Å²) in [7, 11) is 0. The minimum Gasteiger partial charge on any atom is -0.314 e. The number of nitrogens with one attached hydrogen (secondary N) is 1. The van der Waals surface area contributed by atoms with E-state index in [0.29, 0.717) is 6.04 Å². The average molecular weight is 302 g/mol. The molecule has 0 aliphatic heterocycles. The van der Waals surface area contributed by atoms with Crippen molar-refractivity contribution in [1.82, 2.24) is 5.32 Å². The molecule has 0 saturated carbocycles. The number of aryl methyl sites for hydroxylation is 1. The smallest absolute Gasteiger partial charge is 0.0408 e. The molecule has 0 heterocycles. The number of hydrogen-bond acceptors (Lipinski definition) is 1. The van der Waals surface area contributed by atoms with Crippen molar-refractivity contribution < 1.29 is 0 Å². The van der Waals surface area contributed by atoms with Gasteiger partial charge in [-0.25, -0.2) is 0 Å². The molecule has 0 amide bonds. The summed E-state index contributed by atoms with van der Waals surface area (Å²) in [5.74, 6) is 0. The van der Waals surface area contributed by atoms with Gasteiger partial charge in [-0.2, -0.15) is 0 Å². The van der Waals surface area contributed by atoms with Crippen LogP contribution in [0.15, 0.2) is 54.6 Å². The van der Waals surface area contributed by atoms with E-state index in [1.54, 1.807) is 0 Å². The van der Waals surface area contributed by atoms with E-state index in [9.17, 15) is 0 Å². The molecule has 0 radical (unpaired) electrons. The van der Waals surface area contributed by atoms with Gasteiger partial charge in [0.05, 0.1) is 0 Å². The van der Waals surface area contributed by atoms with Crippen molar-refractivity contribution in [2.75, 3.05) is 6.54 Å². The third kappa shape index (κ3) is 5.91. The lowest BCUT2D eigenvalue weighted by molar-refractivity contribution is 0.477. The van der Waals surface area contributed by atoms with Gasteiger partial charge in [-0.3, -0.25) is 0 Å². The molecule has 2 rings (SSSR count). The monoisotopic (exact) mass is 301 g/mol. The van der Waals surface area contributed by atoms with Crippen molar-refractivity contribution in [2.24, 2.45) is 0 Å². The molecule has 0 fully saturated rings. The molecule has 0 spiro atoms. The molecule has 0 aliphatic carbocycles. The van der Waals surface area contributed by atoms with Crippen molar-refractivity contribution in [3.63, 3.8) is 0 Å². The summed E-state index contributed by atoms with van der Waals surface area (Å²) in [5, 5.41) is 4.49. The molecule has 0 bridgehead atoms. The Kier molecular flexibility index (Phi) is 6.78. The Bertz CT molecular complexity index is 524. The fourth-order valence-electron chi connectivity index (χ4n) is 2.56. The second-order valence-corrected chi connectivity index (χ2v) is 5.95. The third-order valence-corrected chi connectivity index (χ3v) is 3.91. The van der Waals surface area contributed by atoms with Crippen LogP contribution in [0.2, 0.25) is 5.02 Å². The Morgan fingerprint density at radius 1 is 1.00 bits per heavy atom. The lowest BCUT2D eigenvalue weighted by atomic mass is 9.99. The second-order valence-electron chi connectivity index (χ2n) is 5.51. The minimum atomic E-state index is 0.503. The summed E-state index contributed by atoms with van der Waals surface area (Å²) in [6.07, 6.45) is 4.46. The topological polar surface area (TPSA) is 12.0 Å². The SMILES string of the molecule is CCCNC(CCc1ccccc1)Cc1cccc(Cl)c1. The molecule has 2 aromatic carbocycles. The molecule has 112 valence electrons. The van der Waals surface area contributed by atoms with Crippen molar-refractivity contribution in [3.05, 3.63) is 70.7 Å². The highest BCUT2D eigenvalue weighted by Gasteiger charge is 2.09. The van der Waals surface area contributed by atoms with Crippen LogP contribution in [0.4, 0.5) is 0 Å². The highest BCUT2D eigenvalue weighted by atomic mass is 35.5. The summed E-state index contributed by atoms with van der Waals surface area (Å²) < 4.78 is 0. The number of rotatable bonds is 8. The first-order chi connectivity index (χ1) is 10.3. The molecule has 0 aliphatic rings. The molecule has 1 unspecified atom stereocenters. The van der Waals surface area contributed by atoms with Crippen LogP contribution in [0, 0.1) is 0 Å². The zero-order valence-electron chi connectivity index (χ0n) is 12.7. The fraction of sp³-hybridized carbons (Fsp3) is 0.368. The second kappa shape index (κ2) is 8.86. The maximum Gasteiger partial charge on any atom is 0.0408 e. The quantitative estimate of drug-likeness (QED) is 0.732. The zero-order chi connectivity index (χ0) is 14.9. The van der Waals surface area contributed by atoms with E-state index < -0.39 is 0 Å². The van der Waals surface area contributed by atoms with E-state index in [1.165, 1.54) is 11.1 Å². The van der Waals surface area contributed by atoms with E-state index in [1.807, 2.05) is 12.1 Å². The largest absolute Gasteiger partial charge is 0.314 e. The van der Waals surface area contributed by atoms with Crippen LogP contribution in [-0.2, 0) is 12.8 Å². The summed E-state index contributed by atoms with van der Waals surface area (Å²) >= 11 is 6.09. The lowest BCUT2D eigenvalue weighted by Crippen LogP contribution is -2.32. The van der Waals surface area contributed by atoms with E-state index in [0.717, 1.165) is 37.3 Å². The van der Waals surface area contributed by atoms with Gasteiger partial charge < -0.3 is 5.32 Å². The first-order valence-corrected chi connectivity index (χ1v) is 8.17. The Balaban J connectivity index is 1.94. The predicted octanol–water partition coefficient (Wildman–Crippen LogP) is 4.88. The fourth-order valence-corrected chi connectivity index (χ4v) is 2.77. The van der Waals surface area contributed by atoms with Crippen LogP contribution in [0.1, 0.15) is 30.9 Å². The van der Waals surface area contributed by atoms with Crippen LogP contribution in [0.25, 0.3) is 0 Å². The van der Waals surface area contributed by atoms with Crippen LogP contribution in [0.3, 0.4) is 0 Å². The molecule has 1 nitrogen and oxygen atoms in total. The number of hydrogen-bond donors (Lipinski definition) is 1. The van der Waals surface area contributed by atoms with Crippen molar-refractivity contribution in [1.29, 1.82) is 0 Å². The van der Waals surface area contributed by atoms with Gasteiger partial charge in [-0.05, 0) is 55.5 Å². The van der Waals surface area contributed by atoms with Gasteiger partial charge in [0.2, 0.25) is 0 Å². The molecule has 2 aromatic rings. The predicted molar refractivity (Wildman–Crippen MR) is 92.0 cm³/mol. The van der Waals surface area contributed by atoms with Gasteiger partial charge in [0.25, 0.3) is 0 Å². The molecular formula is C19H24ClN. The van der Waals surface area contributed by atoms with Crippen LogP contribution >= 0.6 is 11.6 Å². The summed E-state index contributed by atoms with van der Waals surface area (Å²) in [6, 6.07) is 19.4. The normalized spacial score (nSPS) is 12.3. The average Bonchev–Trinajstić information content (AvgIpc) is 2.51. The lowest BCUT2D eigenvalue weighted by Gasteiger charge is -2.19. The van der Waals surface area contributed by atoms with E-state index >= 15 is 0 Å². The highest BCUT2D eigenvalue weighted by Crippen LogP contribution is 2.14. The molecule has 21 heavy (non-hydrogen) atoms. The summed E-state index contributed by atoms with van der Waals surface area (Å²) in [6.45, 7) is 3.28. The van der Waals surface area contributed by atoms with Gasteiger partial charge in [0, 0.05) is 11.1 Å². The zero-order valence-corrected chi connectivity index (χ0v) is 13.4. The van der Waals surface area contributed by atoms with Crippen LogP contribution in [0.5, 0.6) is 0 Å². The van der Waals surface area contributed by atoms with Crippen molar-refractivity contribution in [2.45, 2.75) is 38.6 Å². The maximum atomic E-state index is 6.09. The van der Waals surface area contributed by atoms with Gasteiger partial charge in [-0.15, -0.1) is 0 Å². The number of benzene rings is 2. The van der Waals surface area contributed by atoms with Crippen molar-refractivity contribution in [3.8, 4) is 0 Å². The number of halogens is 1. The summed E-state index contributed by atoms with van der Waals surface area (Å²) in [5.41, 5.74) is 2.72. The Hall–Kier alpha value is -1.31. The molecule has 0 saturated heterocycles. The Morgan fingerprint density at radius 2 is 1.76 bits per heavy atom. The van der Waals surface area contributed by atoms with Crippen LogP contribution < -0.4 is 5.32 Å². The Labute approximate surface area is 133 Å². The first-order valence-electron chi connectivity index (χ1n) is 7.79. The third-order valence-electron chi connectivity index (χ3n) is 3.68. The first kappa shape index (κ1) is 16.1. The molecule has 0 aromatic heterocycles. The highest BCUT2D eigenvalue weighted by molar-refractivity contribution is 6.30. The van der Waals surface area contributed by atoms with Crippen molar-refractivity contribution >= 4 is 11.6 Å². The van der Waals surface area contributed by atoms with Gasteiger partial charge >= 0.3 is 0 Å². The van der Waals surface area contributed by atoms with Crippen LogP contribution in [-0.4, -0.2) is 12.6 Å². The van der Waals surface area contributed by atoms with Gasteiger partial charge in [-0.1, -0.05) is 61.0 Å². The molecule has 2 heteroatoms. The molecule has 1 atom stereocenters. The summed E-state index contributed by atoms with van der Waals surface area (Å²) in [4.78, 5) is 0. The molecule has 1 N–H and O–H groups in total. The maximum absolute atomic E-state index is 6.09. The van der Waals surface area contributed by atoms with E-state index in [2.05, 4.69) is 54.7 Å². The minimum absolute atomic E-state index is 0.503. The molecular weight excluding hydrogens is 278 g/mol. The van der Waals surface area contributed by atoms with E-state index in [4.69, 9.17) is 11.6 Å². The van der Waals surface area contributed by atoms with E-state index in [-0.39, 0.29) is 0 Å².